The van der Waals surface area contributed by atoms with E-state index in [1.807, 2.05) is 18.2 Å². The maximum absolute atomic E-state index is 12.8. The van der Waals surface area contributed by atoms with Gasteiger partial charge >= 0.3 is 0 Å². The summed E-state index contributed by atoms with van der Waals surface area (Å²) < 4.78 is 39.2. The molecule has 0 spiro atoms. The van der Waals surface area contributed by atoms with E-state index in [0.29, 0.717) is 79.1 Å². The number of carbonyl (C=O) groups excluding carboxylic acids is 3. The number of aromatic nitrogens is 5. The van der Waals surface area contributed by atoms with Crippen LogP contribution in [0.3, 0.4) is 0 Å². The Labute approximate surface area is 328 Å². The van der Waals surface area contributed by atoms with Gasteiger partial charge in [-0.25, -0.2) is 13.4 Å². The van der Waals surface area contributed by atoms with Gasteiger partial charge in [0.15, 0.2) is 0 Å². The maximum atomic E-state index is 12.8. The Bertz CT molecular complexity index is 2400. The second-order valence-corrected chi connectivity index (χ2v) is 15.8. The highest BCUT2D eigenvalue weighted by Gasteiger charge is 2.49. The Hall–Kier alpha value is -6.16. The number of sulfonamides is 1. The molecule has 0 saturated carbocycles. The molecule has 17 nitrogen and oxygen atoms in total. The van der Waals surface area contributed by atoms with Gasteiger partial charge in [0.25, 0.3) is 5.91 Å². The molecule has 1 unspecified atom stereocenters. The fourth-order valence-electron chi connectivity index (χ4n) is 6.70. The molecule has 56 heavy (non-hydrogen) atoms. The number of H-pyrrole nitrogens is 1. The van der Waals surface area contributed by atoms with Gasteiger partial charge in [0.2, 0.25) is 27.8 Å². The first kappa shape index (κ1) is 38.1. The summed E-state index contributed by atoms with van der Waals surface area (Å²) >= 11 is 0. The molecule has 7 rings (SSSR count). The number of nitrogens with zero attached hydrogens (tertiary/aromatic N) is 6. The molecule has 18 heteroatoms. The molecule has 2 aliphatic heterocycles. The van der Waals surface area contributed by atoms with Crippen LogP contribution >= 0.6 is 0 Å². The molecule has 2 aromatic carbocycles. The number of anilines is 2. The molecule has 3 aromatic heterocycles. The van der Waals surface area contributed by atoms with E-state index < -0.39 is 15.6 Å². The molecule has 1 atom stereocenters. The third-order valence-electron chi connectivity index (χ3n) is 9.82. The summed E-state index contributed by atoms with van der Waals surface area (Å²) in [5.41, 5.74) is 3.04. The molecular weight excluding hydrogens is 741 g/mol. The van der Waals surface area contributed by atoms with Crippen molar-refractivity contribution < 1.29 is 38.0 Å². The van der Waals surface area contributed by atoms with Gasteiger partial charge in [0, 0.05) is 66.4 Å². The quantitative estimate of drug-likeness (QED) is 0.0817. The second kappa shape index (κ2) is 16.3. The first-order valence-electron chi connectivity index (χ1n) is 18.1. The van der Waals surface area contributed by atoms with Crippen LogP contribution in [-0.4, -0.2) is 100 Å². The van der Waals surface area contributed by atoms with Crippen LogP contribution in [0.25, 0.3) is 22.3 Å². The minimum Gasteiger partial charge on any atom is -0.491 e. The number of imide groups is 1. The van der Waals surface area contributed by atoms with Crippen molar-refractivity contribution in [3.8, 4) is 23.1 Å². The number of nitrogens with one attached hydrogen (secondary N) is 4. The fourth-order valence-corrected chi connectivity index (χ4v) is 7.94. The lowest BCUT2D eigenvalue weighted by Gasteiger charge is -2.47. The van der Waals surface area contributed by atoms with E-state index in [0.717, 1.165) is 10.9 Å². The van der Waals surface area contributed by atoms with Gasteiger partial charge < -0.3 is 25.1 Å². The molecule has 2 saturated heterocycles. The standard InChI is InChI=1S/C38H40N10O7S.4H2/c1-2-56(52,53)47-23-38(24-47,14-15-39)48-22-27(21-42-48)33-31-13-16-40-34(31)46-37(45-33)43-28-7-3-26(4-8-28)35(50)41-17-18-54-19-20-55-29-9-5-25(6-10-29)30-11-12-32(49)44-36(30)51;;;;/h3-10,13,16,21-22,30H,2,11-12,14,17-20,23-24H2,1H3,(H,41,50)(H,44,49,51)(H2,40,43,45,46);4*1H. The number of piperidine rings is 1. The van der Waals surface area contributed by atoms with Crippen molar-refractivity contribution in [2.45, 2.75) is 37.6 Å². The van der Waals surface area contributed by atoms with Gasteiger partial charge in [-0.05, 0) is 61.4 Å². The van der Waals surface area contributed by atoms with Crippen molar-refractivity contribution in [3.63, 3.8) is 0 Å². The smallest absolute Gasteiger partial charge is 0.251 e. The average Bonchev–Trinajstić information content (AvgIpc) is 3.87. The predicted octanol–water partition coefficient (Wildman–Crippen LogP) is 4.17. The summed E-state index contributed by atoms with van der Waals surface area (Å²) in [7, 11) is -3.38. The molecule has 5 aromatic rings. The summed E-state index contributed by atoms with van der Waals surface area (Å²) in [5.74, 6) is -0.192. The number of amides is 3. The Morgan fingerprint density at radius 3 is 2.59 bits per heavy atom. The van der Waals surface area contributed by atoms with Gasteiger partial charge in [-0.3, -0.25) is 24.4 Å². The van der Waals surface area contributed by atoms with Crippen LogP contribution in [-0.2, 0) is 29.9 Å². The van der Waals surface area contributed by atoms with Gasteiger partial charge in [-0.1, -0.05) is 12.1 Å². The highest BCUT2D eigenvalue weighted by Crippen LogP contribution is 2.36. The normalized spacial score (nSPS) is 16.8. The highest BCUT2D eigenvalue weighted by atomic mass is 32.2. The molecule has 0 radical (unpaired) electrons. The molecule has 4 N–H and O–H groups in total. The van der Waals surface area contributed by atoms with Crippen LogP contribution in [0.4, 0.5) is 11.6 Å². The second-order valence-electron chi connectivity index (χ2n) is 13.5. The van der Waals surface area contributed by atoms with Crippen molar-refractivity contribution in [1.82, 2.24) is 39.7 Å². The van der Waals surface area contributed by atoms with Crippen molar-refractivity contribution in [2.75, 3.05) is 50.5 Å². The molecule has 2 aliphatic rings. The average molecular weight is 789 g/mol. The van der Waals surface area contributed by atoms with E-state index in [1.54, 1.807) is 66.6 Å². The number of hydrogen-bond acceptors (Lipinski definition) is 12. The minimum atomic E-state index is -3.38. The Morgan fingerprint density at radius 2 is 1.86 bits per heavy atom. The van der Waals surface area contributed by atoms with E-state index in [2.05, 4.69) is 37.1 Å². The Morgan fingerprint density at radius 1 is 1.07 bits per heavy atom. The maximum Gasteiger partial charge on any atom is 0.251 e. The lowest BCUT2D eigenvalue weighted by Crippen LogP contribution is -2.64. The number of aromatic amines is 1. The van der Waals surface area contributed by atoms with Crippen LogP contribution < -0.4 is 20.7 Å². The molecule has 2 fully saturated rings. The number of nitriles is 1. The largest absolute Gasteiger partial charge is 0.491 e. The Kier molecular flexibility index (Phi) is 11.1. The third kappa shape index (κ3) is 8.24. The van der Waals surface area contributed by atoms with Gasteiger partial charge in [0.05, 0.1) is 49.3 Å². The van der Waals surface area contributed by atoms with Crippen molar-refractivity contribution in [1.29, 1.82) is 5.26 Å². The lowest BCUT2D eigenvalue weighted by atomic mass is 9.89. The molecule has 5 heterocycles. The number of hydrogen-bond donors (Lipinski definition) is 4. The third-order valence-corrected chi connectivity index (χ3v) is 11.6. The number of rotatable bonds is 16. The summed E-state index contributed by atoms with van der Waals surface area (Å²) in [5, 5.41) is 23.2. The summed E-state index contributed by atoms with van der Waals surface area (Å²) in [6.07, 6.45) is 6.11. The van der Waals surface area contributed by atoms with E-state index >= 15 is 0 Å². The van der Waals surface area contributed by atoms with Gasteiger partial charge in [0.1, 0.15) is 23.5 Å². The molecule has 3 amide bonds. The van der Waals surface area contributed by atoms with Crippen molar-refractivity contribution >= 4 is 50.4 Å². The monoisotopic (exact) mass is 788 g/mol. The molecular formula is C38H48N10O7S. The van der Waals surface area contributed by atoms with E-state index in [9.17, 15) is 28.1 Å². The highest BCUT2D eigenvalue weighted by molar-refractivity contribution is 7.89. The van der Waals surface area contributed by atoms with E-state index in [1.165, 1.54) is 4.31 Å². The van der Waals surface area contributed by atoms with Crippen LogP contribution in [0.1, 0.15) is 53.7 Å². The van der Waals surface area contributed by atoms with Crippen LogP contribution in [0.2, 0.25) is 0 Å². The molecule has 0 bridgehead atoms. The first-order valence-corrected chi connectivity index (χ1v) is 19.7. The van der Waals surface area contributed by atoms with Gasteiger partial charge in [-0.2, -0.15) is 19.6 Å². The zero-order chi connectivity index (χ0) is 39.3. The minimum absolute atomic E-state index is 0. The van der Waals surface area contributed by atoms with Crippen molar-refractivity contribution in [3.05, 3.63) is 84.3 Å². The number of fused-ring (bicyclic) bond motifs is 1. The molecule has 0 aliphatic carbocycles. The Balaban J connectivity index is 0.00000240. The number of carbonyl (C=O) groups is 3. The topological polar surface area (TPSA) is 226 Å². The molecule has 298 valence electrons. The predicted molar refractivity (Wildman–Crippen MR) is 213 cm³/mol. The summed E-state index contributed by atoms with van der Waals surface area (Å²) in [4.78, 5) is 48.7. The van der Waals surface area contributed by atoms with Crippen LogP contribution in [0, 0.1) is 11.3 Å². The van der Waals surface area contributed by atoms with E-state index in [-0.39, 0.29) is 54.6 Å². The van der Waals surface area contributed by atoms with Crippen LogP contribution in [0.15, 0.2) is 73.2 Å². The van der Waals surface area contributed by atoms with Crippen LogP contribution in [0.5, 0.6) is 5.75 Å². The lowest BCUT2D eigenvalue weighted by molar-refractivity contribution is -0.134. The zero-order valence-electron chi connectivity index (χ0n) is 30.5. The number of benzene rings is 2. The van der Waals surface area contributed by atoms with E-state index in [4.69, 9.17) is 14.5 Å². The number of ether oxygens (including phenoxy) is 2. The van der Waals surface area contributed by atoms with Crippen molar-refractivity contribution in [2.24, 2.45) is 0 Å². The summed E-state index contributed by atoms with van der Waals surface area (Å²) in [6, 6.07) is 18.1. The SMILES string of the molecule is CCS(=O)(=O)N1CC(CC#N)(n2cc(-c3nc(Nc4ccc(C(=O)NCCOCCOc5ccc(C6CCC(=O)NC6=O)cc5)cc4)nc4[nH]ccc34)cn2)C1.[HH].[HH].[HH].[HH]. The zero-order valence-corrected chi connectivity index (χ0v) is 31.3. The fraction of sp³-hybridized carbons (Fsp3) is 0.342. The summed E-state index contributed by atoms with van der Waals surface area (Å²) in [6.45, 7) is 3.15. The first-order chi connectivity index (χ1) is 27.1. The van der Waals surface area contributed by atoms with Gasteiger partial charge in [-0.15, -0.1) is 0 Å².